The molecule has 4 heteroatoms. The van der Waals surface area contributed by atoms with Crippen molar-refractivity contribution < 1.29 is 0 Å². The second kappa shape index (κ2) is 4.81. The Morgan fingerprint density at radius 2 is 1.90 bits per heavy atom. The largest absolute Gasteiger partial charge is 0.381 e. The van der Waals surface area contributed by atoms with Crippen LogP contribution in [0.2, 0.25) is 0 Å². The van der Waals surface area contributed by atoms with Crippen molar-refractivity contribution in [1.29, 1.82) is 0 Å². The van der Waals surface area contributed by atoms with Crippen LogP contribution in [0.1, 0.15) is 29.9 Å². The average Bonchev–Trinajstić information content (AvgIpc) is 3.27. The van der Waals surface area contributed by atoms with E-state index >= 15 is 0 Å². The van der Waals surface area contributed by atoms with E-state index < -0.39 is 0 Å². The molecule has 1 aliphatic carbocycles. The molecule has 3 aromatic rings. The highest BCUT2D eigenvalue weighted by Gasteiger charge is 2.23. The molecule has 0 unspecified atom stereocenters. The van der Waals surface area contributed by atoms with Crippen molar-refractivity contribution in [3.05, 3.63) is 64.1 Å². The number of rotatable bonds is 4. The number of nitrogens with one attached hydrogen (secondary N) is 3. The SMILES string of the molecule is O=c1[nH]c2ccc(NCc3cccc(C4CC4)c3)cc2[nH]1. The molecule has 0 atom stereocenters. The minimum atomic E-state index is -0.167. The number of aromatic amines is 2. The molecule has 21 heavy (non-hydrogen) atoms. The zero-order chi connectivity index (χ0) is 14.2. The normalized spacial score (nSPS) is 14.5. The molecule has 0 saturated heterocycles. The van der Waals surface area contributed by atoms with Gasteiger partial charge < -0.3 is 15.3 Å². The first kappa shape index (κ1) is 12.3. The van der Waals surface area contributed by atoms with Gasteiger partial charge in [0.1, 0.15) is 0 Å². The summed E-state index contributed by atoms with van der Waals surface area (Å²) in [6.07, 6.45) is 2.66. The maximum absolute atomic E-state index is 11.3. The third-order valence-corrected chi connectivity index (χ3v) is 4.01. The van der Waals surface area contributed by atoms with Gasteiger partial charge in [0.25, 0.3) is 0 Å². The standard InChI is InChI=1S/C17H17N3O/c21-17-19-15-7-6-14(9-16(15)20-17)18-10-11-2-1-3-13(8-11)12-4-5-12/h1-3,6-9,12,18H,4-5,10H2,(H2,19,20,21). The summed E-state index contributed by atoms with van der Waals surface area (Å²) in [5.74, 6) is 0.784. The van der Waals surface area contributed by atoms with E-state index in [2.05, 4.69) is 39.6 Å². The van der Waals surface area contributed by atoms with Gasteiger partial charge in [-0.2, -0.15) is 0 Å². The first-order chi connectivity index (χ1) is 10.3. The Morgan fingerprint density at radius 3 is 2.76 bits per heavy atom. The minimum Gasteiger partial charge on any atom is -0.381 e. The van der Waals surface area contributed by atoms with Crippen LogP contribution in [-0.2, 0) is 6.54 Å². The van der Waals surface area contributed by atoms with Gasteiger partial charge in [-0.3, -0.25) is 0 Å². The Balaban J connectivity index is 1.51. The quantitative estimate of drug-likeness (QED) is 0.686. The number of imidazole rings is 1. The van der Waals surface area contributed by atoms with Crippen LogP contribution in [0.25, 0.3) is 11.0 Å². The van der Waals surface area contributed by atoms with Crippen molar-refractivity contribution in [1.82, 2.24) is 9.97 Å². The number of benzene rings is 2. The number of hydrogen-bond acceptors (Lipinski definition) is 2. The maximum Gasteiger partial charge on any atom is 0.323 e. The average molecular weight is 279 g/mol. The van der Waals surface area contributed by atoms with E-state index in [0.717, 1.165) is 29.2 Å². The van der Waals surface area contributed by atoms with Gasteiger partial charge in [-0.1, -0.05) is 24.3 Å². The third kappa shape index (κ3) is 2.57. The minimum absolute atomic E-state index is 0.167. The van der Waals surface area contributed by atoms with Gasteiger partial charge in [-0.15, -0.1) is 0 Å². The molecule has 1 saturated carbocycles. The van der Waals surface area contributed by atoms with Gasteiger partial charge in [0.15, 0.2) is 0 Å². The summed E-state index contributed by atoms with van der Waals surface area (Å²) < 4.78 is 0. The fourth-order valence-corrected chi connectivity index (χ4v) is 2.72. The monoisotopic (exact) mass is 279 g/mol. The summed E-state index contributed by atoms with van der Waals surface area (Å²) in [6.45, 7) is 0.792. The topological polar surface area (TPSA) is 60.7 Å². The van der Waals surface area contributed by atoms with Gasteiger partial charge in [0, 0.05) is 12.2 Å². The van der Waals surface area contributed by atoms with E-state index in [4.69, 9.17) is 0 Å². The Morgan fingerprint density at radius 1 is 1.05 bits per heavy atom. The van der Waals surface area contributed by atoms with Gasteiger partial charge in [0.2, 0.25) is 0 Å². The number of fused-ring (bicyclic) bond motifs is 1. The fraction of sp³-hybridized carbons (Fsp3) is 0.235. The molecule has 1 heterocycles. The van der Waals surface area contributed by atoms with Crippen LogP contribution in [0.15, 0.2) is 47.3 Å². The van der Waals surface area contributed by atoms with E-state index in [0.29, 0.717) is 0 Å². The maximum atomic E-state index is 11.3. The zero-order valence-electron chi connectivity index (χ0n) is 11.6. The van der Waals surface area contributed by atoms with Crippen molar-refractivity contribution in [2.24, 2.45) is 0 Å². The summed E-state index contributed by atoms with van der Waals surface area (Å²) in [6, 6.07) is 14.7. The fourth-order valence-electron chi connectivity index (χ4n) is 2.72. The molecule has 4 nitrogen and oxygen atoms in total. The third-order valence-electron chi connectivity index (χ3n) is 4.01. The first-order valence-corrected chi connectivity index (χ1v) is 7.33. The van der Waals surface area contributed by atoms with E-state index in [-0.39, 0.29) is 5.69 Å². The predicted octanol–water partition coefficient (Wildman–Crippen LogP) is 3.35. The molecule has 0 bridgehead atoms. The lowest BCUT2D eigenvalue weighted by Crippen LogP contribution is -2.00. The molecule has 0 spiro atoms. The van der Waals surface area contributed by atoms with Crippen molar-refractivity contribution in [2.75, 3.05) is 5.32 Å². The number of hydrogen-bond donors (Lipinski definition) is 3. The van der Waals surface area contributed by atoms with Gasteiger partial charge in [-0.05, 0) is 48.1 Å². The van der Waals surface area contributed by atoms with E-state index in [1.165, 1.54) is 24.0 Å². The first-order valence-electron chi connectivity index (χ1n) is 7.33. The molecule has 0 aliphatic heterocycles. The number of aromatic nitrogens is 2. The van der Waals surface area contributed by atoms with Crippen LogP contribution in [0.3, 0.4) is 0 Å². The van der Waals surface area contributed by atoms with Crippen LogP contribution in [0, 0.1) is 0 Å². The van der Waals surface area contributed by atoms with Crippen LogP contribution < -0.4 is 11.0 Å². The molecule has 4 rings (SSSR count). The lowest BCUT2D eigenvalue weighted by Gasteiger charge is -2.08. The van der Waals surface area contributed by atoms with Gasteiger partial charge in [-0.25, -0.2) is 4.79 Å². The van der Waals surface area contributed by atoms with Crippen LogP contribution in [-0.4, -0.2) is 9.97 Å². The highest BCUT2D eigenvalue weighted by atomic mass is 16.1. The second-order valence-corrected chi connectivity index (χ2v) is 5.71. The van der Waals surface area contributed by atoms with Crippen molar-refractivity contribution in [2.45, 2.75) is 25.3 Å². The van der Waals surface area contributed by atoms with E-state index in [9.17, 15) is 4.79 Å². The zero-order valence-corrected chi connectivity index (χ0v) is 11.6. The highest BCUT2D eigenvalue weighted by molar-refractivity contribution is 5.78. The Labute approximate surface area is 122 Å². The van der Waals surface area contributed by atoms with Gasteiger partial charge in [0.05, 0.1) is 11.0 Å². The molecular formula is C17H17N3O. The summed E-state index contributed by atoms with van der Waals surface area (Å²) in [7, 11) is 0. The Bertz CT molecular complexity index is 842. The summed E-state index contributed by atoms with van der Waals surface area (Å²) >= 11 is 0. The molecule has 0 radical (unpaired) electrons. The van der Waals surface area contributed by atoms with Crippen LogP contribution >= 0.6 is 0 Å². The van der Waals surface area contributed by atoms with E-state index in [1.807, 2.05) is 18.2 Å². The smallest absolute Gasteiger partial charge is 0.323 e. The predicted molar refractivity (Wildman–Crippen MR) is 84.7 cm³/mol. The molecule has 0 amide bonds. The van der Waals surface area contributed by atoms with E-state index in [1.54, 1.807) is 0 Å². The van der Waals surface area contributed by atoms with Crippen molar-refractivity contribution in [3.8, 4) is 0 Å². The lowest BCUT2D eigenvalue weighted by atomic mass is 10.1. The molecule has 1 aromatic heterocycles. The number of anilines is 1. The molecule has 3 N–H and O–H groups in total. The van der Waals surface area contributed by atoms with Crippen LogP contribution in [0.5, 0.6) is 0 Å². The highest BCUT2D eigenvalue weighted by Crippen LogP contribution is 2.40. The molecule has 2 aromatic carbocycles. The van der Waals surface area contributed by atoms with Crippen LogP contribution in [0.4, 0.5) is 5.69 Å². The number of H-pyrrole nitrogens is 2. The van der Waals surface area contributed by atoms with Crippen molar-refractivity contribution >= 4 is 16.7 Å². The second-order valence-electron chi connectivity index (χ2n) is 5.71. The molecule has 1 aliphatic rings. The molecular weight excluding hydrogens is 262 g/mol. The summed E-state index contributed by atoms with van der Waals surface area (Å²) in [4.78, 5) is 16.8. The summed E-state index contributed by atoms with van der Waals surface area (Å²) in [5.41, 5.74) is 5.26. The van der Waals surface area contributed by atoms with Gasteiger partial charge >= 0.3 is 5.69 Å². The molecule has 1 fully saturated rings. The van der Waals surface area contributed by atoms with Crippen molar-refractivity contribution in [3.63, 3.8) is 0 Å². The summed E-state index contributed by atoms with van der Waals surface area (Å²) in [5, 5.41) is 3.41. The lowest BCUT2D eigenvalue weighted by molar-refractivity contribution is 1.09. The Kier molecular flexibility index (Phi) is 2.81. The Hall–Kier alpha value is -2.49. The molecule has 106 valence electrons.